The Morgan fingerprint density at radius 2 is 2.14 bits per heavy atom. The molecule has 0 bridgehead atoms. The lowest BCUT2D eigenvalue weighted by Gasteiger charge is -2.28. The molecule has 1 aromatic carbocycles. The highest BCUT2D eigenvalue weighted by atomic mass is 32.2. The van der Waals surface area contributed by atoms with Crippen molar-refractivity contribution in [2.75, 3.05) is 6.26 Å². The van der Waals surface area contributed by atoms with E-state index in [2.05, 4.69) is 28.7 Å². The van der Waals surface area contributed by atoms with Crippen molar-refractivity contribution in [1.29, 1.82) is 0 Å². The van der Waals surface area contributed by atoms with Gasteiger partial charge in [-0.25, -0.2) is 4.98 Å². The van der Waals surface area contributed by atoms with Crippen LogP contribution in [-0.2, 0) is 6.42 Å². The molecule has 5 nitrogen and oxygen atoms in total. The van der Waals surface area contributed by atoms with Gasteiger partial charge in [-0.15, -0.1) is 11.3 Å². The molecule has 0 saturated heterocycles. The number of nitrogens with one attached hydrogen (secondary N) is 1. The van der Waals surface area contributed by atoms with Crippen molar-refractivity contribution in [1.82, 2.24) is 14.7 Å². The van der Waals surface area contributed by atoms with Crippen LogP contribution >= 0.6 is 23.1 Å². The van der Waals surface area contributed by atoms with Crippen LogP contribution in [0.25, 0.3) is 4.96 Å². The van der Waals surface area contributed by atoms with Gasteiger partial charge in [-0.1, -0.05) is 36.8 Å². The highest BCUT2D eigenvalue weighted by molar-refractivity contribution is 7.99. The van der Waals surface area contributed by atoms with Crippen LogP contribution in [-0.4, -0.2) is 32.8 Å². The van der Waals surface area contributed by atoms with E-state index in [1.165, 1.54) is 33.9 Å². The Morgan fingerprint density at radius 3 is 2.93 bits per heavy atom. The summed E-state index contributed by atoms with van der Waals surface area (Å²) in [5.41, 5.74) is 1.00. The zero-order valence-electron chi connectivity index (χ0n) is 15.8. The van der Waals surface area contributed by atoms with E-state index in [1.807, 2.05) is 36.2 Å². The van der Waals surface area contributed by atoms with Crippen molar-refractivity contribution < 1.29 is 4.79 Å². The highest BCUT2D eigenvalue weighted by Gasteiger charge is 2.24. The molecule has 1 amide bonds. The molecule has 1 saturated carbocycles. The van der Waals surface area contributed by atoms with Crippen molar-refractivity contribution in [3.8, 4) is 0 Å². The number of thiazole rings is 1. The first-order valence-corrected chi connectivity index (χ1v) is 11.6. The lowest BCUT2D eigenvalue weighted by molar-refractivity contribution is 0.0926. The second-order valence-corrected chi connectivity index (χ2v) is 9.42. The van der Waals surface area contributed by atoms with Crippen molar-refractivity contribution in [2.24, 2.45) is 0 Å². The van der Waals surface area contributed by atoms with E-state index in [0.717, 1.165) is 30.6 Å². The Labute approximate surface area is 172 Å². The first-order chi connectivity index (χ1) is 13.6. The van der Waals surface area contributed by atoms with E-state index >= 15 is 0 Å². The number of hydrogen-bond donors (Lipinski definition) is 1. The maximum absolute atomic E-state index is 12.9. The molecule has 0 radical (unpaired) electrons. The van der Waals surface area contributed by atoms with Gasteiger partial charge in [0.15, 0.2) is 4.96 Å². The summed E-state index contributed by atoms with van der Waals surface area (Å²) in [5.74, 6) is -0.311. The van der Waals surface area contributed by atoms with Gasteiger partial charge in [-0.05, 0) is 31.1 Å². The fourth-order valence-corrected chi connectivity index (χ4v) is 5.52. The summed E-state index contributed by atoms with van der Waals surface area (Å²) >= 11 is 3.34. The monoisotopic (exact) mass is 413 g/mol. The Bertz CT molecular complexity index is 1030. The van der Waals surface area contributed by atoms with Crippen molar-refractivity contribution >= 4 is 34.0 Å². The molecule has 0 aliphatic heterocycles. The predicted octanol–water partition coefficient (Wildman–Crippen LogP) is 3.75. The van der Waals surface area contributed by atoms with Gasteiger partial charge in [0.1, 0.15) is 5.56 Å². The van der Waals surface area contributed by atoms with Crippen LogP contribution in [0.5, 0.6) is 0 Å². The van der Waals surface area contributed by atoms with Gasteiger partial charge in [0, 0.05) is 35.0 Å². The van der Waals surface area contributed by atoms with Crippen LogP contribution in [0.2, 0.25) is 0 Å². The minimum atomic E-state index is -0.311. The number of aromatic nitrogens is 2. The molecule has 1 N–H and O–H groups in total. The Hall–Kier alpha value is -2.12. The summed E-state index contributed by atoms with van der Waals surface area (Å²) in [6.45, 7) is 0. The van der Waals surface area contributed by atoms with Crippen LogP contribution in [0.1, 0.15) is 46.5 Å². The van der Waals surface area contributed by atoms with Crippen molar-refractivity contribution in [2.45, 2.75) is 43.4 Å². The summed E-state index contributed by atoms with van der Waals surface area (Å²) in [7, 11) is 0. The fourth-order valence-electron chi connectivity index (χ4n) is 3.72. The molecule has 4 rings (SSSR count). The minimum absolute atomic E-state index is 0.118. The van der Waals surface area contributed by atoms with Gasteiger partial charge in [0.05, 0.1) is 0 Å². The fraction of sp³-hybridized carbons (Fsp3) is 0.381. The summed E-state index contributed by atoms with van der Waals surface area (Å²) in [6, 6.07) is 10.2. The summed E-state index contributed by atoms with van der Waals surface area (Å²) in [5, 5.41) is 3.63. The zero-order valence-corrected chi connectivity index (χ0v) is 17.4. The lowest BCUT2D eigenvalue weighted by atomic mass is 9.95. The number of amides is 1. The first kappa shape index (κ1) is 19.2. The topological polar surface area (TPSA) is 63.5 Å². The van der Waals surface area contributed by atoms with Gasteiger partial charge >= 0.3 is 0 Å². The number of thioether (sulfide) groups is 1. The van der Waals surface area contributed by atoms with E-state index in [-0.39, 0.29) is 23.1 Å². The molecule has 1 aliphatic carbocycles. The molecule has 1 fully saturated rings. The molecule has 1 aliphatic rings. The highest BCUT2D eigenvalue weighted by Crippen LogP contribution is 2.27. The number of rotatable bonds is 5. The van der Waals surface area contributed by atoms with Gasteiger partial charge in [0.25, 0.3) is 11.5 Å². The molecule has 2 unspecified atom stereocenters. The second kappa shape index (κ2) is 8.49. The molecule has 0 spiro atoms. The van der Waals surface area contributed by atoms with E-state index in [9.17, 15) is 9.59 Å². The molecule has 2 heterocycles. The summed E-state index contributed by atoms with van der Waals surface area (Å²) in [6.07, 6.45) is 10.3. The zero-order chi connectivity index (χ0) is 19.5. The predicted molar refractivity (Wildman–Crippen MR) is 116 cm³/mol. The molecular weight excluding hydrogens is 390 g/mol. The average molecular weight is 414 g/mol. The van der Waals surface area contributed by atoms with E-state index in [4.69, 9.17) is 0 Å². The Balaban J connectivity index is 1.54. The Kier molecular flexibility index (Phi) is 5.82. The van der Waals surface area contributed by atoms with E-state index in [1.54, 1.807) is 0 Å². The average Bonchev–Trinajstić information content (AvgIpc) is 3.12. The maximum atomic E-state index is 12.9. The van der Waals surface area contributed by atoms with Crippen LogP contribution in [0.4, 0.5) is 0 Å². The number of carbonyl (C=O) groups is 1. The molecule has 7 heteroatoms. The third-order valence-electron chi connectivity index (χ3n) is 5.22. The quantitative estimate of drug-likeness (QED) is 0.692. The maximum Gasteiger partial charge on any atom is 0.271 e. The summed E-state index contributed by atoms with van der Waals surface area (Å²) < 4.78 is 1.50. The SMILES string of the molecule is CSC1CCCC(NC(=O)c2cnc3sc(Cc4ccccc4)cn3c2=O)C1. The van der Waals surface area contributed by atoms with Crippen LogP contribution in [0.3, 0.4) is 0 Å². The van der Waals surface area contributed by atoms with E-state index in [0.29, 0.717) is 10.2 Å². The molecule has 28 heavy (non-hydrogen) atoms. The normalized spacial score (nSPS) is 19.6. The first-order valence-electron chi connectivity index (χ1n) is 9.51. The summed E-state index contributed by atoms with van der Waals surface area (Å²) in [4.78, 5) is 31.6. The molecular formula is C21H23N3O2S2. The van der Waals surface area contributed by atoms with Gasteiger partial charge in [0.2, 0.25) is 0 Å². The van der Waals surface area contributed by atoms with Crippen molar-refractivity contribution in [3.05, 3.63) is 69.1 Å². The number of carbonyl (C=O) groups excluding carboxylic acids is 1. The second-order valence-electron chi connectivity index (χ2n) is 7.18. The molecule has 2 atom stereocenters. The van der Waals surface area contributed by atoms with Crippen LogP contribution in [0.15, 0.2) is 47.5 Å². The van der Waals surface area contributed by atoms with Gasteiger partial charge < -0.3 is 5.32 Å². The standard InChI is InChI=1S/C21H23N3O2S2/c1-27-16-9-5-8-15(11-16)23-19(25)18-12-22-21-24(20(18)26)13-17(28-21)10-14-6-3-2-4-7-14/h2-4,6-7,12-13,15-16H,5,8-11H2,1H3,(H,23,25). The number of fused-ring (bicyclic) bond motifs is 1. The molecule has 146 valence electrons. The van der Waals surface area contributed by atoms with Crippen LogP contribution < -0.4 is 10.9 Å². The molecule has 3 aromatic rings. The number of hydrogen-bond acceptors (Lipinski definition) is 5. The van der Waals surface area contributed by atoms with Crippen molar-refractivity contribution in [3.63, 3.8) is 0 Å². The van der Waals surface area contributed by atoms with Gasteiger partial charge in [-0.2, -0.15) is 11.8 Å². The van der Waals surface area contributed by atoms with E-state index < -0.39 is 0 Å². The number of nitrogens with zero attached hydrogens (tertiary/aromatic N) is 2. The van der Waals surface area contributed by atoms with Crippen LogP contribution in [0, 0.1) is 0 Å². The molecule has 2 aromatic heterocycles. The largest absolute Gasteiger partial charge is 0.349 e. The Morgan fingerprint density at radius 1 is 1.32 bits per heavy atom. The smallest absolute Gasteiger partial charge is 0.271 e. The minimum Gasteiger partial charge on any atom is -0.349 e. The number of benzene rings is 1. The third kappa shape index (κ3) is 4.15. The lowest BCUT2D eigenvalue weighted by Crippen LogP contribution is -2.41. The third-order valence-corrected chi connectivity index (χ3v) is 7.31. The van der Waals surface area contributed by atoms with Gasteiger partial charge in [-0.3, -0.25) is 14.0 Å².